The number of hydrogen-bond donors (Lipinski definition) is 2. The number of nitrogens with one attached hydrogen (secondary N) is 2. The molecule has 0 aliphatic carbocycles. The molecule has 0 radical (unpaired) electrons. The summed E-state index contributed by atoms with van der Waals surface area (Å²) in [4.78, 5) is 34.3. The van der Waals surface area contributed by atoms with Crippen molar-refractivity contribution in [2.24, 2.45) is 0 Å². The minimum Gasteiger partial charge on any atom is -0.358 e. The number of carbonyl (C=O) groups excluding carboxylic acids is 2. The Labute approximate surface area is 153 Å². The molecule has 0 atom stereocenters. The van der Waals surface area contributed by atoms with E-state index in [1.807, 2.05) is 9.13 Å². The largest absolute Gasteiger partial charge is 0.358 e. The van der Waals surface area contributed by atoms with Crippen molar-refractivity contribution < 1.29 is 9.59 Å². The fourth-order valence-corrected chi connectivity index (χ4v) is 2.52. The molecule has 0 fully saturated rings. The number of likely N-dealkylation sites (N-methyl/N-ethyl adjacent to an activating group) is 2. The Kier molecular flexibility index (Phi) is 6.90. The van der Waals surface area contributed by atoms with Gasteiger partial charge in [-0.2, -0.15) is 0 Å². The molecule has 2 aromatic rings. The molecule has 0 saturated heterocycles. The average Bonchev–Trinajstić information content (AvgIpc) is 3.23. The van der Waals surface area contributed by atoms with Crippen LogP contribution in [0, 0.1) is 0 Å². The molecule has 0 unspecified atom stereocenters. The van der Waals surface area contributed by atoms with Crippen LogP contribution in [-0.2, 0) is 35.8 Å². The molecule has 0 bridgehead atoms. The van der Waals surface area contributed by atoms with E-state index in [1.54, 1.807) is 38.9 Å². The van der Waals surface area contributed by atoms with E-state index in [9.17, 15) is 9.59 Å². The summed E-state index contributed by atoms with van der Waals surface area (Å²) in [6, 6.07) is 0.241. The molecular formula is C17H27N7O2. The van der Waals surface area contributed by atoms with Crippen molar-refractivity contribution in [2.45, 2.75) is 46.1 Å². The molecule has 0 saturated carbocycles. The van der Waals surface area contributed by atoms with E-state index in [0.29, 0.717) is 13.1 Å². The number of amides is 2. The lowest BCUT2D eigenvalue weighted by molar-refractivity contribution is -0.122. The molecule has 26 heavy (non-hydrogen) atoms. The highest BCUT2D eigenvalue weighted by Crippen LogP contribution is 2.12. The molecule has 2 amide bonds. The maximum absolute atomic E-state index is 11.7. The summed E-state index contributed by atoms with van der Waals surface area (Å²) < 4.78 is 3.68. The number of aromatic nitrogens is 4. The summed E-state index contributed by atoms with van der Waals surface area (Å²) in [5.74, 6) is 1.49. The Morgan fingerprint density at radius 2 is 1.38 bits per heavy atom. The fraction of sp³-hybridized carbons (Fsp3) is 0.529. The first-order chi connectivity index (χ1) is 12.4. The van der Waals surface area contributed by atoms with E-state index < -0.39 is 0 Å². The van der Waals surface area contributed by atoms with Gasteiger partial charge in [0, 0.05) is 44.9 Å². The van der Waals surface area contributed by atoms with E-state index in [2.05, 4.69) is 39.3 Å². The highest BCUT2D eigenvalue weighted by molar-refractivity contribution is 5.75. The van der Waals surface area contributed by atoms with Crippen molar-refractivity contribution >= 4 is 11.8 Å². The van der Waals surface area contributed by atoms with Gasteiger partial charge in [-0.15, -0.1) is 0 Å². The molecule has 0 aromatic carbocycles. The first-order valence-electron chi connectivity index (χ1n) is 8.59. The monoisotopic (exact) mass is 361 g/mol. The third kappa shape index (κ3) is 5.16. The van der Waals surface area contributed by atoms with Gasteiger partial charge >= 0.3 is 0 Å². The molecule has 2 heterocycles. The van der Waals surface area contributed by atoms with E-state index >= 15 is 0 Å². The quantitative estimate of drug-likeness (QED) is 0.654. The van der Waals surface area contributed by atoms with Crippen LogP contribution in [0.25, 0.3) is 0 Å². The molecule has 2 aromatic heterocycles. The summed E-state index contributed by atoms with van der Waals surface area (Å²) in [6.07, 6.45) is 7.00. The van der Waals surface area contributed by atoms with Crippen LogP contribution in [0.4, 0.5) is 0 Å². The zero-order chi connectivity index (χ0) is 19.1. The lowest BCUT2D eigenvalue weighted by Crippen LogP contribution is -2.33. The van der Waals surface area contributed by atoms with Crippen molar-refractivity contribution in [3.05, 3.63) is 36.4 Å². The fourth-order valence-electron chi connectivity index (χ4n) is 2.52. The van der Waals surface area contributed by atoms with Gasteiger partial charge in [-0.05, 0) is 13.8 Å². The van der Waals surface area contributed by atoms with Gasteiger partial charge in [0.1, 0.15) is 24.7 Å². The van der Waals surface area contributed by atoms with Gasteiger partial charge in [0.05, 0.1) is 13.1 Å². The summed E-state index contributed by atoms with van der Waals surface area (Å²) in [5.41, 5.74) is 0. The Hall–Kier alpha value is -2.68. The first kappa shape index (κ1) is 19.6. The minimum absolute atomic E-state index is 0.0681. The summed E-state index contributed by atoms with van der Waals surface area (Å²) >= 11 is 0. The Morgan fingerprint density at radius 3 is 1.73 bits per heavy atom. The van der Waals surface area contributed by atoms with Gasteiger partial charge in [0.25, 0.3) is 0 Å². The van der Waals surface area contributed by atoms with Gasteiger partial charge in [-0.1, -0.05) is 0 Å². The minimum atomic E-state index is -0.0681. The van der Waals surface area contributed by atoms with Crippen LogP contribution in [0.2, 0.25) is 0 Å². The summed E-state index contributed by atoms with van der Waals surface area (Å²) in [6.45, 7) is 5.82. The molecule has 2 N–H and O–H groups in total. The predicted molar refractivity (Wildman–Crippen MR) is 97.0 cm³/mol. The SMILES string of the molecule is CNC(=O)Cn1ccnc1CN(Cc1nccn1CC(=O)NC)C(C)C. The van der Waals surface area contributed by atoms with Crippen molar-refractivity contribution in [2.75, 3.05) is 14.1 Å². The number of hydrogen-bond acceptors (Lipinski definition) is 5. The molecule has 0 aliphatic heterocycles. The molecule has 142 valence electrons. The van der Waals surface area contributed by atoms with Crippen LogP contribution in [0.5, 0.6) is 0 Å². The van der Waals surface area contributed by atoms with Crippen molar-refractivity contribution in [3.63, 3.8) is 0 Å². The smallest absolute Gasteiger partial charge is 0.239 e. The molecule has 2 rings (SSSR count). The normalized spacial score (nSPS) is 11.2. The van der Waals surface area contributed by atoms with Crippen molar-refractivity contribution in [3.8, 4) is 0 Å². The van der Waals surface area contributed by atoms with E-state index in [-0.39, 0.29) is 30.9 Å². The van der Waals surface area contributed by atoms with E-state index in [1.165, 1.54) is 0 Å². The van der Waals surface area contributed by atoms with Crippen LogP contribution < -0.4 is 10.6 Å². The van der Waals surface area contributed by atoms with Crippen LogP contribution in [0.1, 0.15) is 25.5 Å². The Morgan fingerprint density at radius 1 is 0.962 bits per heavy atom. The summed E-state index contributed by atoms with van der Waals surface area (Å²) in [7, 11) is 3.23. The third-order valence-corrected chi connectivity index (χ3v) is 4.21. The Bertz CT molecular complexity index is 677. The van der Waals surface area contributed by atoms with Gasteiger partial charge in [-0.3, -0.25) is 14.5 Å². The molecule has 0 spiro atoms. The van der Waals surface area contributed by atoms with Crippen LogP contribution in [0.15, 0.2) is 24.8 Å². The second-order valence-electron chi connectivity index (χ2n) is 6.29. The maximum atomic E-state index is 11.7. The predicted octanol–water partition coefficient (Wildman–Crippen LogP) is -0.0178. The Balaban J connectivity index is 2.12. The standard InChI is InChI=1S/C17H27N7O2/c1-13(2)24(9-14-20-5-7-22(14)11-16(25)18-3)10-15-21-6-8-23(15)12-17(26)19-4/h5-8,13H,9-12H2,1-4H3,(H,18,25)(H,19,26). The summed E-state index contributed by atoms with van der Waals surface area (Å²) in [5, 5.41) is 5.24. The number of rotatable bonds is 9. The van der Waals surface area contributed by atoms with Crippen molar-refractivity contribution in [1.82, 2.24) is 34.6 Å². The second-order valence-corrected chi connectivity index (χ2v) is 6.29. The van der Waals surface area contributed by atoms with Crippen molar-refractivity contribution in [1.29, 1.82) is 0 Å². The van der Waals surface area contributed by atoms with Gasteiger partial charge < -0.3 is 19.8 Å². The first-order valence-corrected chi connectivity index (χ1v) is 8.59. The third-order valence-electron chi connectivity index (χ3n) is 4.21. The van der Waals surface area contributed by atoms with Crippen LogP contribution >= 0.6 is 0 Å². The van der Waals surface area contributed by atoms with Gasteiger partial charge in [-0.25, -0.2) is 9.97 Å². The maximum Gasteiger partial charge on any atom is 0.239 e. The molecule has 9 heteroatoms. The lowest BCUT2D eigenvalue weighted by atomic mass is 10.3. The zero-order valence-electron chi connectivity index (χ0n) is 15.8. The average molecular weight is 361 g/mol. The molecular weight excluding hydrogens is 334 g/mol. The molecule has 0 aliphatic rings. The van der Waals surface area contributed by atoms with Gasteiger partial charge in [0.2, 0.25) is 11.8 Å². The zero-order valence-corrected chi connectivity index (χ0v) is 15.8. The highest BCUT2D eigenvalue weighted by Gasteiger charge is 2.18. The van der Waals surface area contributed by atoms with Crippen LogP contribution in [-0.4, -0.2) is 56.0 Å². The second kappa shape index (κ2) is 9.14. The highest BCUT2D eigenvalue weighted by atomic mass is 16.2. The van der Waals surface area contributed by atoms with Crippen LogP contribution in [0.3, 0.4) is 0 Å². The van der Waals surface area contributed by atoms with E-state index in [4.69, 9.17) is 0 Å². The topological polar surface area (TPSA) is 97.1 Å². The lowest BCUT2D eigenvalue weighted by Gasteiger charge is -2.26. The molecule has 9 nitrogen and oxygen atoms in total. The number of carbonyl (C=O) groups is 2. The number of nitrogens with zero attached hydrogens (tertiary/aromatic N) is 5. The van der Waals surface area contributed by atoms with Gasteiger partial charge in [0.15, 0.2) is 0 Å². The number of imidazole rings is 2. The van der Waals surface area contributed by atoms with E-state index in [0.717, 1.165) is 11.6 Å².